The molecule has 0 aliphatic heterocycles. The van der Waals surface area contributed by atoms with E-state index in [9.17, 15) is 4.79 Å². The Morgan fingerprint density at radius 2 is 2.36 bits per heavy atom. The van der Waals surface area contributed by atoms with E-state index in [4.69, 9.17) is 0 Å². The Balaban J connectivity index is 2.30. The highest BCUT2D eigenvalue weighted by Gasteiger charge is 2.36. The molecule has 1 rings (SSSR count). The van der Waals surface area contributed by atoms with Gasteiger partial charge in [-0.25, -0.2) is 0 Å². The predicted octanol–water partition coefficient (Wildman–Crippen LogP) is 0.405. The van der Waals surface area contributed by atoms with Crippen LogP contribution in [-0.2, 0) is 9.53 Å². The van der Waals surface area contributed by atoms with E-state index in [1.165, 1.54) is 7.11 Å². The summed E-state index contributed by atoms with van der Waals surface area (Å²) in [5.74, 6) is 0.622. The molecule has 2 atom stereocenters. The van der Waals surface area contributed by atoms with Crippen LogP contribution in [0, 0.1) is 11.8 Å². The van der Waals surface area contributed by atoms with Crippen molar-refractivity contribution in [1.82, 2.24) is 5.32 Å². The molecule has 1 aliphatic carbocycles. The fourth-order valence-corrected chi connectivity index (χ4v) is 1.54. The summed E-state index contributed by atoms with van der Waals surface area (Å²) >= 11 is 0. The van der Waals surface area contributed by atoms with Gasteiger partial charge >= 0.3 is 5.97 Å². The third kappa shape index (κ3) is 1.71. The molecule has 1 saturated carbocycles. The first-order valence-electron chi connectivity index (χ1n) is 4.02. The Bertz CT molecular complexity index is 147. The van der Waals surface area contributed by atoms with Crippen LogP contribution in [0.2, 0.25) is 0 Å². The van der Waals surface area contributed by atoms with Crippen LogP contribution in [0.1, 0.15) is 12.8 Å². The molecule has 1 N–H and O–H groups in total. The van der Waals surface area contributed by atoms with Crippen molar-refractivity contribution in [3.8, 4) is 0 Å². The smallest absolute Gasteiger partial charge is 0.308 e. The maximum Gasteiger partial charge on any atom is 0.308 e. The van der Waals surface area contributed by atoms with Crippen LogP contribution in [0.4, 0.5) is 0 Å². The van der Waals surface area contributed by atoms with Gasteiger partial charge in [-0.05, 0) is 32.4 Å². The Morgan fingerprint density at radius 1 is 1.64 bits per heavy atom. The van der Waals surface area contributed by atoms with E-state index < -0.39 is 0 Å². The van der Waals surface area contributed by atoms with E-state index in [0.717, 1.165) is 19.4 Å². The summed E-state index contributed by atoms with van der Waals surface area (Å²) in [7, 11) is 3.36. The molecular formula is C8H15NO2. The highest BCUT2D eigenvalue weighted by Crippen LogP contribution is 2.34. The molecule has 3 heteroatoms. The topological polar surface area (TPSA) is 38.3 Å². The number of ether oxygens (including phenoxy) is 1. The first-order valence-corrected chi connectivity index (χ1v) is 4.02. The van der Waals surface area contributed by atoms with E-state index >= 15 is 0 Å². The zero-order valence-corrected chi connectivity index (χ0v) is 7.09. The van der Waals surface area contributed by atoms with Gasteiger partial charge in [0, 0.05) is 0 Å². The second-order valence-electron chi connectivity index (χ2n) is 3.02. The zero-order chi connectivity index (χ0) is 8.27. The van der Waals surface area contributed by atoms with Gasteiger partial charge in [0.1, 0.15) is 0 Å². The van der Waals surface area contributed by atoms with Crippen LogP contribution in [-0.4, -0.2) is 26.7 Å². The number of methoxy groups -OCH3 is 1. The second kappa shape index (κ2) is 3.72. The highest BCUT2D eigenvalue weighted by atomic mass is 16.5. The van der Waals surface area contributed by atoms with Gasteiger partial charge in [0.25, 0.3) is 0 Å². The fraction of sp³-hybridized carbons (Fsp3) is 0.875. The normalized spacial score (nSPS) is 29.3. The molecule has 0 spiro atoms. The molecule has 0 bridgehead atoms. The van der Waals surface area contributed by atoms with Gasteiger partial charge in [0.2, 0.25) is 0 Å². The average Bonchev–Trinajstić information content (AvgIpc) is 1.98. The molecule has 1 fully saturated rings. The number of hydrogen-bond acceptors (Lipinski definition) is 3. The maximum atomic E-state index is 11.0. The van der Waals surface area contributed by atoms with E-state index in [1.54, 1.807) is 0 Å². The Labute approximate surface area is 67.1 Å². The van der Waals surface area contributed by atoms with Gasteiger partial charge in [0.05, 0.1) is 13.0 Å². The first kappa shape index (κ1) is 8.53. The molecule has 0 aromatic heterocycles. The quantitative estimate of drug-likeness (QED) is 0.603. The van der Waals surface area contributed by atoms with E-state index in [1.807, 2.05) is 7.05 Å². The van der Waals surface area contributed by atoms with E-state index in [0.29, 0.717) is 5.92 Å². The second-order valence-corrected chi connectivity index (χ2v) is 3.02. The summed E-state index contributed by atoms with van der Waals surface area (Å²) in [6, 6.07) is 0. The molecule has 64 valence electrons. The van der Waals surface area contributed by atoms with E-state index in [2.05, 4.69) is 10.1 Å². The van der Waals surface area contributed by atoms with Crippen LogP contribution in [0.3, 0.4) is 0 Å². The van der Waals surface area contributed by atoms with Crippen molar-refractivity contribution in [1.29, 1.82) is 0 Å². The van der Waals surface area contributed by atoms with Crippen molar-refractivity contribution >= 4 is 5.97 Å². The van der Waals surface area contributed by atoms with Crippen LogP contribution in [0.5, 0.6) is 0 Å². The lowest BCUT2D eigenvalue weighted by Gasteiger charge is -2.33. The number of nitrogens with one attached hydrogen (secondary N) is 1. The predicted molar refractivity (Wildman–Crippen MR) is 42.2 cm³/mol. The molecule has 0 amide bonds. The van der Waals surface area contributed by atoms with Crippen molar-refractivity contribution in [3.05, 3.63) is 0 Å². The molecule has 0 radical (unpaired) electrons. The molecule has 0 aromatic carbocycles. The largest absolute Gasteiger partial charge is 0.469 e. The Hall–Kier alpha value is -0.570. The minimum atomic E-state index is -0.0449. The summed E-state index contributed by atoms with van der Waals surface area (Å²) < 4.78 is 4.66. The van der Waals surface area contributed by atoms with Gasteiger partial charge in [0.15, 0.2) is 0 Å². The summed E-state index contributed by atoms with van der Waals surface area (Å²) in [5, 5.41) is 3.07. The molecule has 0 heterocycles. The lowest BCUT2D eigenvalue weighted by molar-refractivity contribution is -0.151. The van der Waals surface area contributed by atoms with Gasteiger partial charge < -0.3 is 10.1 Å². The Kier molecular flexibility index (Phi) is 2.88. The molecule has 0 aromatic rings. The monoisotopic (exact) mass is 157 g/mol. The summed E-state index contributed by atoms with van der Waals surface area (Å²) in [4.78, 5) is 11.0. The Morgan fingerprint density at radius 3 is 2.73 bits per heavy atom. The summed E-state index contributed by atoms with van der Waals surface area (Å²) in [6.07, 6.45) is 2.15. The zero-order valence-electron chi connectivity index (χ0n) is 7.09. The van der Waals surface area contributed by atoms with Gasteiger partial charge in [-0.3, -0.25) is 4.79 Å². The first-order chi connectivity index (χ1) is 5.29. The number of esters is 1. The summed E-state index contributed by atoms with van der Waals surface area (Å²) in [5.41, 5.74) is 0. The van der Waals surface area contributed by atoms with Crippen molar-refractivity contribution in [3.63, 3.8) is 0 Å². The molecular weight excluding hydrogens is 142 g/mol. The maximum absolute atomic E-state index is 11.0. The molecule has 0 saturated heterocycles. The number of rotatable bonds is 3. The van der Waals surface area contributed by atoms with Gasteiger partial charge in [-0.15, -0.1) is 0 Å². The van der Waals surface area contributed by atoms with Crippen LogP contribution in [0.25, 0.3) is 0 Å². The molecule has 1 aliphatic rings. The minimum Gasteiger partial charge on any atom is -0.469 e. The average molecular weight is 157 g/mol. The van der Waals surface area contributed by atoms with Gasteiger partial charge in [-0.2, -0.15) is 0 Å². The standard InChI is InChI=1S/C8H15NO2/c1-9-5-6-3-4-7(6)8(10)11-2/h6-7,9H,3-5H2,1-2H3/t6-,7-/m0/s1. The van der Waals surface area contributed by atoms with Crippen molar-refractivity contribution < 1.29 is 9.53 Å². The number of hydrogen-bond donors (Lipinski definition) is 1. The summed E-state index contributed by atoms with van der Waals surface area (Å²) in [6.45, 7) is 0.930. The minimum absolute atomic E-state index is 0.0449. The van der Waals surface area contributed by atoms with E-state index in [-0.39, 0.29) is 11.9 Å². The SMILES string of the molecule is CNC[C@@H]1CC[C@@H]1C(=O)OC. The van der Waals surface area contributed by atoms with Crippen molar-refractivity contribution in [2.24, 2.45) is 11.8 Å². The molecule has 3 nitrogen and oxygen atoms in total. The van der Waals surface area contributed by atoms with Crippen molar-refractivity contribution in [2.75, 3.05) is 20.7 Å². The van der Waals surface area contributed by atoms with Crippen molar-refractivity contribution in [2.45, 2.75) is 12.8 Å². The number of carbonyl (C=O) groups is 1. The third-order valence-corrected chi connectivity index (χ3v) is 2.39. The molecule has 0 unspecified atom stereocenters. The third-order valence-electron chi connectivity index (χ3n) is 2.39. The highest BCUT2D eigenvalue weighted by molar-refractivity contribution is 5.73. The lowest BCUT2D eigenvalue weighted by Crippen LogP contribution is -2.39. The van der Waals surface area contributed by atoms with Crippen LogP contribution >= 0.6 is 0 Å². The number of carbonyl (C=O) groups excluding carboxylic acids is 1. The lowest BCUT2D eigenvalue weighted by atomic mass is 9.73. The van der Waals surface area contributed by atoms with Crippen LogP contribution < -0.4 is 5.32 Å². The van der Waals surface area contributed by atoms with Gasteiger partial charge in [-0.1, -0.05) is 0 Å². The van der Waals surface area contributed by atoms with Crippen LogP contribution in [0.15, 0.2) is 0 Å². The fourth-order valence-electron chi connectivity index (χ4n) is 1.54. The molecule has 11 heavy (non-hydrogen) atoms.